The zero-order valence-corrected chi connectivity index (χ0v) is 20.2. The van der Waals surface area contributed by atoms with Gasteiger partial charge in [-0.3, -0.25) is 14.9 Å². The number of aromatic nitrogens is 1. The molecule has 2 heterocycles. The molecule has 3 aromatic rings. The summed E-state index contributed by atoms with van der Waals surface area (Å²) in [5.74, 6) is -1.77. The normalized spacial score (nSPS) is 13.2. The number of ether oxygens (including phenoxy) is 1. The Balaban J connectivity index is 1.51. The fourth-order valence-electron chi connectivity index (χ4n) is 4.14. The summed E-state index contributed by atoms with van der Waals surface area (Å²) in [6.07, 6.45) is 1.59. The summed E-state index contributed by atoms with van der Waals surface area (Å²) >= 11 is 0. The summed E-state index contributed by atoms with van der Waals surface area (Å²) in [4.78, 5) is 52.1. The number of rotatable bonds is 6. The molecular weight excluding hydrogens is 480 g/mol. The zero-order chi connectivity index (χ0) is 26.9. The molecular formula is C26H24N4O7. The van der Waals surface area contributed by atoms with Gasteiger partial charge >= 0.3 is 12.0 Å². The lowest BCUT2D eigenvalue weighted by atomic mass is 10.0. The maximum absolute atomic E-state index is 12.6. The lowest BCUT2D eigenvalue weighted by molar-refractivity contribution is -0.110. The van der Waals surface area contributed by atoms with Crippen molar-refractivity contribution < 1.29 is 34.1 Å². The number of fused-ring (bicyclic) bond motifs is 1. The predicted octanol–water partition coefficient (Wildman–Crippen LogP) is 3.29. The van der Waals surface area contributed by atoms with E-state index in [1.807, 2.05) is 0 Å². The summed E-state index contributed by atoms with van der Waals surface area (Å²) in [5.41, 5.74) is 3.93. The molecule has 1 aliphatic heterocycles. The second kappa shape index (κ2) is 9.99. The van der Waals surface area contributed by atoms with Gasteiger partial charge in [0.05, 0.1) is 30.5 Å². The number of urea groups is 1. The van der Waals surface area contributed by atoms with E-state index < -0.39 is 17.9 Å². The van der Waals surface area contributed by atoms with Crippen LogP contribution >= 0.6 is 0 Å². The van der Waals surface area contributed by atoms with Crippen molar-refractivity contribution in [2.75, 3.05) is 17.7 Å². The van der Waals surface area contributed by atoms with Crippen LogP contribution < -0.4 is 20.7 Å². The third-order valence-corrected chi connectivity index (χ3v) is 5.91. The number of aromatic carboxylic acids is 1. The molecule has 6 N–H and O–H groups in total. The smallest absolute Gasteiger partial charge is 0.337 e. The lowest BCUT2D eigenvalue weighted by Crippen LogP contribution is -2.34. The summed E-state index contributed by atoms with van der Waals surface area (Å²) in [5, 5.41) is 26.2. The van der Waals surface area contributed by atoms with Crippen LogP contribution in [0.3, 0.4) is 0 Å². The van der Waals surface area contributed by atoms with Crippen molar-refractivity contribution in [2.24, 2.45) is 0 Å². The molecule has 2 aromatic carbocycles. The molecule has 4 rings (SSSR count). The number of carbonyl (C=O) groups is 4. The van der Waals surface area contributed by atoms with E-state index >= 15 is 0 Å². The molecule has 0 saturated heterocycles. The van der Waals surface area contributed by atoms with Crippen LogP contribution in [0.1, 0.15) is 48.8 Å². The molecule has 11 nitrogen and oxygen atoms in total. The highest BCUT2D eigenvalue weighted by molar-refractivity contribution is 6.35. The van der Waals surface area contributed by atoms with Gasteiger partial charge in [-0.05, 0) is 61.4 Å². The lowest BCUT2D eigenvalue weighted by Gasteiger charge is -2.10. The second-order valence-electron chi connectivity index (χ2n) is 8.38. The summed E-state index contributed by atoms with van der Waals surface area (Å²) in [7, 11) is 1.42. The number of amides is 4. The van der Waals surface area contributed by atoms with E-state index in [1.54, 1.807) is 44.2 Å². The number of carboxylic acids is 1. The Labute approximate surface area is 211 Å². The van der Waals surface area contributed by atoms with E-state index in [1.165, 1.54) is 19.2 Å². The highest BCUT2D eigenvalue weighted by atomic mass is 16.5. The Morgan fingerprint density at radius 2 is 1.86 bits per heavy atom. The van der Waals surface area contributed by atoms with Crippen molar-refractivity contribution in [1.82, 2.24) is 10.3 Å². The first-order chi connectivity index (χ1) is 17.6. The fraction of sp³-hybridized carbons (Fsp3) is 0.154. The molecule has 0 spiro atoms. The molecule has 0 atom stereocenters. The van der Waals surface area contributed by atoms with Crippen LogP contribution in [0.2, 0.25) is 0 Å². The van der Waals surface area contributed by atoms with E-state index in [0.29, 0.717) is 50.8 Å². The van der Waals surface area contributed by atoms with Crippen LogP contribution in [-0.4, -0.2) is 46.1 Å². The number of hydrogen-bond acceptors (Lipinski definition) is 6. The van der Waals surface area contributed by atoms with Crippen molar-refractivity contribution >= 4 is 46.8 Å². The first-order valence-corrected chi connectivity index (χ1v) is 11.1. The number of carbonyl (C=O) groups excluding carboxylic acids is 3. The standard InChI is InChI=1S/C26H24N4O7/c1-12-20(27-13(2)22(12)25(34)35)10-19-18-5-4-16(9-21(18)29-24(19)33)28-26(36)30-23(32)15-6-14(11-31)7-17(8-15)37-3/h4-10,27,31H,11H2,1-3H3,(H,29,33)(H,34,35)(H2,28,30,32,36)/b19-10-. The molecule has 37 heavy (non-hydrogen) atoms. The van der Waals surface area contributed by atoms with Crippen molar-refractivity contribution in [3.63, 3.8) is 0 Å². The van der Waals surface area contributed by atoms with Crippen LogP contribution in [0, 0.1) is 13.8 Å². The molecule has 11 heteroatoms. The van der Waals surface area contributed by atoms with Gasteiger partial charge in [0, 0.05) is 28.2 Å². The van der Waals surface area contributed by atoms with E-state index in [4.69, 9.17) is 4.74 Å². The van der Waals surface area contributed by atoms with Gasteiger partial charge in [0.1, 0.15) is 5.75 Å². The van der Waals surface area contributed by atoms with Crippen LogP contribution in [0.4, 0.5) is 16.2 Å². The summed E-state index contributed by atoms with van der Waals surface area (Å²) < 4.78 is 5.11. The number of H-pyrrole nitrogens is 1. The van der Waals surface area contributed by atoms with Crippen LogP contribution in [0.25, 0.3) is 11.6 Å². The maximum atomic E-state index is 12.6. The maximum Gasteiger partial charge on any atom is 0.337 e. The monoisotopic (exact) mass is 504 g/mol. The average Bonchev–Trinajstić information content (AvgIpc) is 3.32. The van der Waals surface area contributed by atoms with Gasteiger partial charge in [-0.1, -0.05) is 6.07 Å². The summed E-state index contributed by atoms with van der Waals surface area (Å²) in [6, 6.07) is 8.41. The number of aliphatic hydroxyl groups is 1. The molecule has 1 aliphatic rings. The van der Waals surface area contributed by atoms with Gasteiger partial charge in [0.15, 0.2) is 0 Å². The topological polar surface area (TPSA) is 170 Å². The molecule has 1 aromatic heterocycles. The molecule has 0 bridgehead atoms. The molecule has 0 fully saturated rings. The van der Waals surface area contributed by atoms with Crippen LogP contribution in [0.15, 0.2) is 36.4 Å². The third-order valence-electron chi connectivity index (χ3n) is 5.91. The quantitative estimate of drug-likeness (QED) is 0.280. The van der Waals surface area contributed by atoms with Gasteiger partial charge in [-0.2, -0.15) is 0 Å². The summed E-state index contributed by atoms with van der Waals surface area (Å²) in [6.45, 7) is 3.01. The molecule has 0 aliphatic carbocycles. The van der Waals surface area contributed by atoms with E-state index in [9.17, 15) is 29.4 Å². The first kappa shape index (κ1) is 25.2. The largest absolute Gasteiger partial charge is 0.497 e. The Bertz CT molecular complexity index is 1460. The van der Waals surface area contributed by atoms with Crippen molar-refractivity contribution in [2.45, 2.75) is 20.5 Å². The van der Waals surface area contributed by atoms with Gasteiger partial charge in [0.2, 0.25) is 0 Å². The zero-order valence-electron chi connectivity index (χ0n) is 20.2. The Kier molecular flexibility index (Phi) is 6.81. The second-order valence-corrected chi connectivity index (χ2v) is 8.38. The number of aryl methyl sites for hydroxylation is 1. The Morgan fingerprint density at radius 3 is 2.51 bits per heavy atom. The Hall–Kier alpha value is -4.90. The number of anilines is 2. The Morgan fingerprint density at radius 1 is 1.11 bits per heavy atom. The number of nitrogens with one attached hydrogen (secondary N) is 4. The minimum Gasteiger partial charge on any atom is -0.497 e. The van der Waals surface area contributed by atoms with Crippen molar-refractivity contribution in [3.8, 4) is 5.75 Å². The minimum absolute atomic E-state index is 0.135. The molecule has 190 valence electrons. The molecule has 0 unspecified atom stereocenters. The number of carboxylic acid groups (broad SMARTS) is 1. The molecule has 0 radical (unpaired) electrons. The SMILES string of the molecule is COc1cc(CO)cc(C(=O)NC(=O)Nc2ccc3c(c2)NC(=O)/C3=C\c2[nH]c(C)c(C(=O)O)c2C)c1. The number of methoxy groups -OCH3 is 1. The van der Waals surface area contributed by atoms with Gasteiger partial charge in [-0.25, -0.2) is 9.59 Å². The number of aromatic amines is 1. The first-order valence-electron chi connectivity index (χ1n) is 11.1. The highest BCUT2D eigenvalue weighted by Gasteiger charge is 2.26. The molecule has 0 saturated carbocycles. The van der Waals surface area contributed by atoms with Gasteiger partial charge in [-0.15, -0.1) is 0 Å². The fourth-order valence-corrected chi connectivity index (χ4v) is 4.14. The van der Waals surface area contributed by atoms with Crippen LogP contribution in [0.5, 0.6) is 5.75 Å². The van der Waals surface area contributed by atoms with Crippen molar-refractivity contribution in [3.05, 3.63) is 75.6 Å². The predicted molar refractivity (Wildman–Crippen MR) is 136 cm³/mol. The minimum atomic E-state index is -1.06. The third kappa shape index (κ3) is 5.07. The van der Waals surface area contributed by atoms with Gasteiger partial charge < -0.3 is 30.6 Å². The number of benzene rings is 2. The number of imide groups is 1. The van der Waals surface area contributed by atoms with E-state index in [2.05, 4.69) is 20.9 Å². The van der Waals surface area contributed by atoms with E-state index in [-0.39, 0.29) is 23.6 Å². The number of aliphatic hydroxyl groups excluding tert-OH is 1. The van der Waals surface area contributed by atoms with Crippen LogP contribution in [-0.2, 0) is 11.4 Å². The highest BCUT2D eigenvalue weighted by Crippen LogP contribution is 2.35. The number of hydrogen-bond donors (Lipinski definition) is 6. The van der Waals surface area contributed by atoms with Crippen molar-refractivity contribution in [1.29, 1.82) is 0 Å². The van der Waals surface area contributed by atoms with Gasteiger partial charge in [0.25, 0.3) is 11.8 Å². The van der Waals surface area contributed by atoms with E-state index in [0.717, 1.165) is 0 Å². The average molecular weight is 504 g/mol. The molecule has 4 amide bonds.